The van der Waals surface area contributed by atoms with Crippen LogP contribution in [0.3, 0.4) is 0 Å². The van der Waals surface area contributed by atoms with Gasteiger partial charge in [0.05, 0.1) is 0 Å². The van der Waals surface area contributed by atoms with Gasteiger partial charge in [0.2, 0.25) is 0 Å². The predicted molar refractivity (Wildman–Crippen MR) is 83.3 cm³/mol. The van der Waals surface area contributed by atoms with E-state index in [1.54, 1.807) is 0 Å². The highest BCUT2D eigenvalue weighted by Crippen LogP contribution is 2.32. The Morgan fingerprint density at radius 2 is 1.71 bits per heavy atom. The van der Waals surface area contributed by atoms with Crippen molar-refractivity contribution in [1.82, 2.24) is 0 Å². The van der Waals surface area contributed by atoms with Gasteiger partial charge in [0, 0.05) is 3.57 Å². The molecule has 0 saturated heterocycles. The van der Waals surface area contributed by atoms with E-state index in [1.165, 1.54) is 26.7 Å². The fourth-order valence-electron chi connectivity index (χ4n) is 1.99. The van der Waals surface area contributed by atoms with Crippen LogP contribution < -0.4 is 0 Å². The molecule has 1 unspecified atom stereocenters. The van der Waals surface area contributed by atoms with Crippen LogP contribution in [-0.4, -0.2) is 0 Å². The van der Waals surface area contributed by atoms with Gasteiger partial charge in [-0.1, -0.05) is 62.4 Å². The molecular weight excluding hydrogens is 319 g/mol. The number of halogens is 1. The summed E-state index contributed by atoms with van der Waals surface area (Å²) >= 11 is 2.48. The quantitative estimate of drug-likeness (QED) is 0.652. The molecule has 0 fully saturated rings. The van der Waals surface area contributed by atoms with Gasteiger partial charge in [-0.15, -0.1) is 0 Å². The van der Waals surface area contributed by atoms with Crippen LogP contribution in [0.2, 0.25) is 0 Å². The Bertz CT molecular complexity index is 488. The standard InChI is InChI=1S/C16H17I/c1-3-12(2)14-10-7-11-15(16(14)17)13-8-5-4-6-9-13/h4-12H,3H2,1-2H3. The molecule has 2 aromatic rings. The van der Waals surface area contributed by atoms with Crippen LogP contribution in [0.4, 0.5) is 0 Å². The summed E-state index contributed by atoms with van der Waals surface area (Å²) in [6, 6.07) is 17.3. The maximum Gasteiger partial charge on any atom is 0.0243 e. The molecule has 0 aliphatic carbocycles. The lowest BCUT2D eigenvalue weighted by Gasteiger charge is -2.14. The topological polar surface area (TPSA) is 0 Å². The highest BCUT2D eigenvalue weighted by molar-refractivity contribution is 14.1. The van der Waals surface area contributed by atoms with Crippen molar-refractivity contribution in [2.45, 2.75) is 26.2 Å². The molecule has 88 valence electrons. The first-order valence-electron chi connectivity index (χ1n) is 6.08. The zero-order chi connectivity index (χ0) is 12.3. The molecule has 0 bridgehead atoms. The molecule has 1 atom stereocenters. The molecule has 1 heteroatoms. The van der Waals surface area contributed by atoms with Crippen LogP contribution in [0.5, 0.6) is 0 Å². The Kier molecular flexibility index (Phi) is 4.21. The van der Waals surface area contributed by atoms with Gasteiger partial charge in [0.1, 0.15) is 0 Å². The lowest BCUT2D eigenvalue weighted by Crippen LogP contribution is -1.96. The third-order valence-corrected chi connectivity index (χ3v) is 4.46. The van der Waals surface area contributed by atoms with Gasteiger partial charge in [-0.2, -0.15) is 0 Å². The molecule has 0 aliphatic rings. The van der Waals surface area contributed by atoms with Crippen LogP contribution in [0.15, 0.2) is 48.5 Å². The minimum atomic E-state index is 0.630. The molecule has 17 heavy (non-hydrogen) atoms. The van der Waals surface area contributed by atoms with Crippen LogP contribution in [-0.2, 0) is 0 Å². The summed E-state index contributed by atoms with van der Waals surface area (Å²) in [7, 11) is 0. The van der Waals surface area contributed by atoms with Crippen molar-refractivity contribution in [2.75, 3.05) is 0 Å². The van der Waals surface area contributed by atoms with E-state index in [9.17, 15) is 0 Å². The number of benzene rings is 2. The van der Waals surface area contributed by atoms with E-state index < -0.39 is 0 Å². The molecule has 0 saturated carbocycles. The van der Waals surface area contributed by atoms with Crippen molar-refractivity contribution in [3.05, 3.63) is 57.7 Å². The van der Waals surface area contributed by atoms with Crippen molar-refractivity contribution < 1.29 is 0 Å². The minimum Gasteiger partial charge on any atom is -0.0648 e. The lowest BCUT2D eigenvalue weighted by atomic mass is 9.95. The number of hydrogen-bond donors (Lipinski definition) is 0. The molecule has 0 radical (unpaired) electrons. The molecule has 2 rings (SSSR count). The van der Waals surface area contributed by atoms with Crippen molar-refractivity contribution in [3.63, 3.8) is 0 Å². The van der Waals surface area contributed by atoms with E-state index in [0.29, 0.717) is 5.92 Å². The Labute approximate surface area is 117 Å². The second-order valence-electron chi connectivity index (χ2n) is 4.38. The van der Waals surface area contributed by atoms with Gasteiger partial charge in [-0.3, -0.25) is 0 Å². The predicted octanol–water partition coefficient (Wildman–Crippen LogP) is 5.47. The zero-order valence-corrected chi connectivity index (χ0v) is 12.4. The molecule has 0 aliphatic heterocycles. The second-order valence-corrected chi connectivity index (χ2v) is 5.46. The van der Waals surface area contributed by atoms with Gasteiger partial charge < -0.3 is 0 Å². The summed E-state index contributed by atoms with van der Waals surface area (Å²) in [4.78, 5) is 0. The van der Waals surface area contributed by atoms with Crippen LogP contribution in [0.1, 0.15) is 31.7 Å². The largest absolute Gasteiger partial charge is 0.0648 e. The number of rotatable bonds is 3. The van der Waals surface area contributed by atoms with Gasteiger partial charge in [0.25, 0.3) is 0 Å². The summed E-state index contributed by atoms with van der Waals surface area (Å²) in [5, 5.41) is 0. The third kappa shape index (κ3) is 2.71. The summed E-state index contributed by atoms with van der Waals surface area (Å²) in [5.74, 6) is 0.630. The van der Waals surface area contributed by atoms with Crippen molar-refractivity contribution in [2.24, 2.45) is 0 Å². The summed E-state index contributed by atoms with van der Waals surface area (Å²) < 4.78 is 1.39. The normalized spacial score (nSPS) is 12.4. The van der Waals surface area contributed by atoms with Crippen LogP contribution in [0, 0.1) is 3.57 Å². The molecule has 0 N–H and O–H groups in total. The molecule has 0 aromatic heterocycles. The van der Waals surface area contributed by atoms with E-state index in [4.69, 9.17) is 0 Å². The molecule has 0 spiro atoms. The van der Waals surface area contributed by atoms with Gasteiger partial charge in [-0.25, -0.2) is 0 Å². The van der Waals surface area contributed by atoms with E-state index in [0.717, 1.165) is 0 Å². The molecule has 0 nitrogen and oxygen atoms in total. The first-order chi connectivity index (χ1) is 8.24. The zero-order valence-electron chi connectivity index (χ0n) is 10.3. The summed E-state index contributed by atoms with van der Waals surface area (Å²) in [6.45, 7) is 4.54. The fourth-order valence-corrected chi connectivity index (χ4v) is 3.19. The smallest absolute Gasteiger partial charge is 0.0243 e. The Balaban J connectivity index is 2.50. The Morgan fingerprint density at radius 1 is 1.00 bits per heavy atom. The maximum atomic E-state index is 2.48. The molecule has 0 amide bonds. The van der Waals surface area contributed by atoms with Crippen molar-refractivity contribution >= 4 is 22.6 Å². The molecule has 0 heterocycles. The molecular formula is C16H17I. The second kappa shape index (κ2) is 5.67. The Morgan fingerprint density at radius 3 is 2.35 bits per heavy atom. The monoisotopic (exact) mass is 336 g/mol. The molecule has 2 aromatic carbocycles. The fraction of sp³-hybridized carbons (Fsp3) is 0.250. The highest BCUT2D eigenvalue weighted by Gasteiger charge is 2.11. The van der Waals surface area contributed by atoms with E-state index in [-0.39, 0.29) is 0 Å². The maximum absolute atomic E-state index is 2.48. The van der Waals surface area contributed by atoms with Crippen molar-refractivity contribution in [1.29, 1.82) is 0 Å². The lowest BCUT2D eigenvalue weighted by molar-refractivity contribution is 0.730. The van der Waals surface area contributed by atoms with Crippen molar-refractivity contribution in [3.8, 4) is 11.1 Å². The average Bonchev–Trinajstić information content (AvgIpc) is 2.39. The Hall–Kier alpha value is -0.830. The van der Waals surface area contributed by atoms with E-state index in [1.807, 2.05) is 0 Å². The van der Waals surface area contributed by atoms with E-state index >= 15 is 0 Å². The minimum absolute atomic E-state index is 0.630. The van der Waals surface area contributed by atoms with Gasteiger partial charge in [-0.05, 0) is 51.6 Å². The van der Waals surface area contributed by atoms with Crippen LogP contribution in [0.25, 0.3) is 11.1 Å². The third-order valence-electron chi connectivity index (χ3n) is 3.26. The van der Waals surface area contributed by atoms with Gasteiger partial charge in [0.15, 0.2) is 0 Å². The summed E-state index contributed by atoms with van der Waals surface area (Å²) in [6.07, 6.45) is 1.19. The van der Waals surface area contributed by atoms with E-state index in [2.05, 4.69) is 85.0 Å². The SMILES string of the molecule is CCC(C)c1cccc(-c2ccccc2)c1I. The number of hydrogen-bond acceptors (Lipinski definition) is 0. The average molecular weight is 336 g/mol. The summed E-state index contributed by atoms with van der Waals surface area (Å²) in [5.41, 5.74) is 4.13. The first kappa shape index (κ1) is 12.6. The van der Waals surface area contributed by atoms with Crippen LogP contribution >= 0.6 is 22.6 Å². The van der Waals surface area contributed by atoms with Gasteiger partial charge >= 0.3 is 0 Å². The highest BCUT2D eigenvalue weighted by atomic mass is 127. The first-order valence-corrected chi connectivity index (χ1v) is 7.15.